The number of aromatic nitrogens is 1. The number of nitrogens with zero attached hydrogens (tertiary/aromatic N) is 1. The minimum absolute atomic E-state index is 0.0408. The Morgan fingerprint density at radius 2 is 1.72 bits per heavy atom. The molecule has 2 heterocycles. The molecule has 5 rings (SSSR count). The van der Waals surface area contributed by atoms with Crippen LogP contribution < -0.4 is 14.8 Å². The van der Waals surface area contributed by atoms with Crippen LogP contribution in [0.2, 0.25) is 0 Å². The van der Waals surface area contributed by atoms with Crippen molar-refractivity contribution in [2.75, 3.05) is 20.8 Å². The summed E-state index contributed by atoms with van der Waals surface area (Å²) in [6.45, 7) is 0.941. The number of hydrogen-bond acceptors (Lipinski definition) is 5. The Morgan fingerprint density at radius 1 is 0.938 bits per heavy atom. The van der Waals surface area contributed by atoms with E-state index in [-0.39, 0.29) is 6.04 Å². The van der Waals surface area contributed by atoms with Gasteiger partial charge >= 0.3 is 0 Å². The number of fused-ring (bicyclic) bond motifs is 3. The SMILES string of the molecule is COc1ccc2c(ccc3c(C(O)C4CCCCN4)cc(-c4ccccc4)nc32)c1OC. The van der Waals surface area contributed by atoms with E-state index in [0.29, 0.717) is 11.5 Å². The summed E-state index contributed by atoms with van der Waals surface area (Å²) in [5.74, 6) is 1.38. The number of hydrogen-bond donors (Lipinski definition) is 2. The van der Waals surface area contributed by atoms with Crippen molar-refractivity contribution in [2.45, 2.75) is 31.4 Å². The zero-order valence-corrected chi connectivity index (χ0v) is 18.5. The molecule has 0 spiro atoms. The third-order valence-corrected chi connectivity index (χ3v) is 6.46. The summed E-state index contributed by atoms with van der Waals surface area (Å²) in [5, 5.41) is 17.8. The third-order valence-electron chi connectivity index (χ3n) is 6.46. The second-order valence-electron chi connectivity index (χ2n) is 8.32. The first-order chi connectivity index (χ1) is 15.7. The van der Waals surface area contributed by atoms with E-state index in [2.05, 4.69) is 17.4 Å². The van der Waals surface area contributed by atoms with Gasteiger partial charge in [-0.3, -0.25) is 0 Å². The van der Waals surface area contributed by atoms with Gasteiger partial charge in [0.25, 0.3) is 0 Å². The summed E-state index contributed by atoms with van der Waals surface area (Å²) < 4.78 is 11.2. The summed E-state index contributed by atoms with van der Waals surface area (Å²) in [4.78, 5) is 5.06. The molecule has 4 aromatic rings. The molecule has 0 aliphatic carbocycles. The van der Waals surface area contributed by atoms with E-state index in [1.54, 1.807) is 14.2 Å². The fourth-order valence-corrected chi connectivity index (χ4v) is 4.81. The van der Waals surface area contributed by atoms with E-state index in [9.17, 15) is 5.11 Å². The number of aliphatic hydroxyl groups excluding tert-OH is 1. The van der Waals surface area contributed by atoms with Gasteiger partial charge in [-0.1, -0.05) is 42.8 Å². The highest BCUT2D eigenvalue weighted by molar-refractivity contribution is 6.09. The molecule has 5 heteroatoms. The molecule has 0 radical (unpaired) electrons. The fourth-order valence-electron chi connectivity index (χ4n) is 4.81. The van der Waals surface area contributed by atoms with Crippen molar-refractivity contribution in [3.8, 4) is 22.8 Å². The molecule has 0 bridgehead atoms. The molecule has 1 aromatic heterocycles. The van der Waals surface area contributed by atoms with Crippen LogP contribution in [-0.4, -0.2) is 36.9 Å². The Balaban J connectivity index is 1.79. The van der Waals surface area contributed by atoms with E-state index < -0.39 is 6.10 Å². The highest BCUT2D eigenvalue weighted by Gasteiger charge is 2.26. The van der Waals surface area contributed by atoms with E-state index >= 15 is 0 Å². The average molecular weight is 429 g/mol. The van der Waals surface area contributed by atoms with Gasteiger partial charge in [0.05, 0.1) is 31.5 Å². The van der Waals surface area contributed by atoms with E-state index in [4.69, 9.17) is 14.5 Å². The number of methoxy groups -OCH3 is 2. The third kappa shape index (κ3) is 3.57. The zero-order valence-electron chi connectivity index (χ0n) is 18.5. The quantitative estimate of drug-likeness (QED) is 0.425. The van der Waals surface area contributed by atoms with Gasteiger partial charge in [-0.2, -0.15) is 0 Å². The topological polar surface area (TPSA) is 63.6 Å². The number of benzene rings is 3. The number of ether oxygens (including phenoxy) is 2. The predicted octanol–water partition coefficient (Wildman–Crippen LogP) is 5.25. The molecule has 1 fully saturated rings. The molecule has 3 aromatic carbocycles. The Labute approximate surface area is 188 Å². The van der Waals surface area contributed by atoms with E-state index in [1.807, 2.05) is 48.5 Å². The van der Waals surface area contributed by atoms with Crippen molar-refractivity contribution in [1.29, 1.82) is 0 Å². The number of nitrogens with one attached hydrogen (secondary N) is 1. The molecule has 5 nitrogen and oxygen atoms in total. The first-order valence-corrected chi connectivity index (χ1v) is 11.2. The molecule has 1 saturated heterocycles. The lowest BCUT2D eigenvalue weighted by Crippen LogP contribution is -2.38. The standard InChI is InChI=1S/C27H28N2O3/c1-31-24-14-13-18-20(27(24)32-2)12-11-19-21(26(30)22-10-6-7-15-28-22)16-23(29-25(18)19)17-8-4-3-5-9-17/h3-5,8-9,11-14,16,22,26,28,30H,6-7,10,15H2,1-2H3. The first-order valence-electron chi connectivity index (χ1n) is 11.2. The van der Waals surface area contributed by atoms with Gasteiger partial charge in [0, 0.05) is 27.8 Å². The summed E-state index contributed by atoms with van der Waals surface area (Å²) >= 11 is 0. The lowest BCUT2D eigenvalue weighted by atomic mass is 9.90. The molecule has 164 valence electrons. The summed E-state index contributed by atoms with van der Waals surface area (Å²) in [5.41, 5.74) is 3.64. The maximum Gasteiger partial charge on any atom is 0.168 e. The Hall–Kier alpha value is -3.15. The van der Waals surface area contributed by atoms with Crippen LogP contribution >= 0.6 is 0 Å². The van der Waals surface area contributed by atoms with Gasteiger partial charge < -0.3 is 19.9 Å². The van der Waals surface area contributed by atoms with Crippen molar-refractivity contribution in [3.05, 3.63) is 66.2 Å². The predicted molar refractivity (Wildman–Crippen MR) is 128 cm³/mol. The Bertz CT molecular complexity index is 1250. The van der Waals surface area contributed by atoms with Crippen molar-refractivity contribution < 1.29 is 14.6 Å². The molecule has 0 saturated carbocycles. The Kier molecular flexibility index (Phi) is 5.68. The van der Waals surface area contributed by atoms with Gasteiger partial charge in [0.15, 0.2) is 11.5 Å². The van der Waals surface area contributed by atoms with Crippen molar-refractivity contribution in [1.82, 2.24) is 10.3 Å². The number of pyridine rings is 1. The zero-order chi connectivity index (χ0) is 22.1. The molecule has 0 amide bonds. The van der Waals surface area contributed by atoms with Gasteiger partial charge in [-0.15, -0.1) is 0 Å². The fraction of sp³-hybridized carbons (Fsp3) is 0.296. The highest BCUT2D eigenvalue weighted by Crippen LogP contribution is 2.40. The van der Waals surface area contributed by atoms with Crippen LogP contribution in [0.1, 0.15) is 30.9 Å². The second kappa shape index (κ2) is 8.77. The lowest BCUT2D eigenvalue weighted by molar-refractivity contribution is 0.115. The van der Waals surface area contributed by atoms with Crippen LogP contribution in [-0.2, 0) is 0 Å². The summed E-state index contributed by atoms with van der Waals surface area (Å²) in [6, 6.07) is 20.2. The van der Waals surface area contributed by atoms with Crippen LogP contribution in [0.15, 0.2) is 60.7 Å². The normalized spacial score (nSPS) is 17.4. The highest BCUT2D eigenvalue weighted by atomic mass is 16.5. The largest absolute Gasteiger partial charge is 0.493 e. The van der Waals surface area contributed by atoms with Crippen molar-refractivity contribution >= 4 is 21.7 Å². The van der Waals surface area contributed by atoms with E-state index in [0.717, 1.165) is 64.3 Å². The Morgan fingerprint density at radius 3 is 2.44 bits per heavy atom. The summed E-state index contributed by atoms with van der Waals surface area (Å²) in [6.07, 6.45) is 2.64. The minimum atomic E-state index is -0.610. The van der Waals surface area contributed by atoms with Crippen LogP contribution in [0.25, 0.3) is 32.9 Å². The van der Waals surface area contributed by atoms with Crippen molar-refractivity contribution in [2.24, 2.45) is 0 Å². The monoisotopic (exact) mass is 428 g/mol. The number of piperidine rings is 1. The van der Waals surface area contributed by atoms with Gasteiger partial charge in [0.1, 0.15) is 0 Å². The van der Waals surface area contributed by atoms with Crippen LogP contribution in [0, 0.1) is 0 Å². The summed E-state index contributed by atoms with van der Waals surface area (Å²) in [7, 11) is 3.29. The maximum absolute atomic E-state index is 11.4. The molecule has 2 unspecified atom stereocenters. The molecule has 32 heavy (non-hydrogen) atoms. The van der Waals surface area contributed by atoms with Crippen LogP contribution in [0.4, 0.5) is 0 Å². The van der Waals surface area contributed by atoms with Gasteiger partial charge in [-0.05, 0) is 49.2 Å². The molecule has 2 atom stereocenters. The van der Waals surface area contributed by atoms with E-state index in [1.165, 1.54) is 0 Å². The number of aliphatic hydroxyl groups is 1. The molecule has 2 N–H and O–H groups in total. The van der Waals surface area contributed by atoms with Gasteiger partial charge in [0.2, 0.25) is 0 Å². The average Bonchev–Trinajstić information content (AvgIpc) is 2.87. The van der Waals surface area contributed by atoms with Crippen LogP contribution in [0.3, 0.4) is 0 Å². The first kappa shape index (κ1) is 20.7. The molecular weight excluding hydrogens is 400 g/mol. The lowest BCUT2D eigenvalue weighted by Gasteiger charge is -2.29. The van der Waals surface area contributed by atoms with Crippen molar-refractivity contribution in [3.63, 3.8) is 0 Å². The smallest absolute Gasteiger partial charge is 0.168 e. The molecule has 1 aliphatic heterocycles. The number of rotatable bonds is 5. The minimum Gasteiger partial charge on any atom is -0.493 e. The van der Waals surface area contributed by atoms with Gasteiger partial charge in [-0.25, -0.2) is 4.98 Å². The second-order valence-corrected chi connectivity index (χ2v) is 8.32. The maximum atomic E-state index is 11.4. The molecular formula is C27H28N2O3. The van der Waals surface area contributed by atoms with Crippen LogP contribution in [0.5, 0.6) is 11.5 Å². The molecule has 1 aliphatic rings.